The number of alkyl halides is 3. The molecule has 3 nitrogen and oxygen atoms in total. The second-order valence-corrected chi connectivity index (χ2v) is 16.5. The van der Waals surface area contributed by atoms with Gasteiger partial charge in [-0.2, -0.15) is 13.2 Å². The van der Waals surface area contributed by atoms with Crippen LogP contribution < -0.4 is 0 Å². The van der Waals surface area contributed by atoms with E-state index < -0.39 is 23.7 Å². The van der Waals surface area contributed by atoms with Gasteiger partial charge in [-0.15, -0.1) is 0 Å². The summed E-state index contributed by atoms with van der Waals surface area (Å²) in [5.41, 5.74) is 0.625. The largest absolute Gasteiger partial charge is 0.490 e. The van der Waals surface area contributed by atoms with E-state index >= 15 is 0 Å². The summed E-state index contributed by atoms with van der Waals surface area (Å²) < 4.78 is 51.1. The Labute approximate surface area is 227 Å². The molecule has 0 aromatic heterocycles. The van der Waals surface area contributed by atoms with Gasteiger partial charge in [0.1, 0.15) is 6.10 Å². The van der Waals surface area contributed by atoms with Crippen LogP contribution in [-0.4, -0.2) is 31.0 Å². The van der Waals surface area contributed by atoms with E-state index in [-0.39, 0.29) is 27.6 Å². The normalized spacial score (nSPS) is 52.7. The fourth-order valence-corrected chi connectivity index (χ4v) is 12.4. The maximum Gasteiger partial charge on any atom is 0.490 e. The quantitative estimate of drug-likeness (QED) is 0.315. The molecular formula is C32H49F3O3. The molecule has 0 N–H and O–H groups in total. The molecule has 0 aromatic carbocycles. The Morgan fingerprint density at radius 2 is 1.47 bits per heavy atom. The Balaban J connectivity index is 1.31. The third-order valence-electron chi connectivity index (χ3n) is 14.6. The van der Waals surface area contributed by atoms with E-state index in [1.54, 1.807) is 0 Å². The van der Waals surface area contributed by atoms with E-state index in [1.165, 1.54) is 38.5 Å². The first-order valence-electron chi connectivity index (χ1n) is 15.3. The van der Waals surface area contributed by atoms with Crippen LogP contribution in [0.4, 0.5) is 13.2 Å². The minimum Gasteiger partial charge on any atom is -0.455 e. The monoisotopic (exact) mass is 538 g/mol. The highest BCUT2D eigenvalue weighted by Gasteiger charge is 2.73. The Morgan fingerprint density at radius 3 is 2.16 bits per heavy atom. The van der Waals surface area contributed by atoms with E-state index in [4.69, 9.17) is 9.47 Å². The van der Waals surface area contributed by atoms with Crippen molar-refractivity contribution in [3.8, 4) is 0 Å². The van der Waals surface area contributed by atoms with Crippen LogP contribution in [0.1, 0.15) is 113 Å². The predicted molar refractivity (Wildman–Crippen MR) is 140 cm³/mol. The summed E-state index contributed by atoms with van der Waals surface area (Å²) in [5, 5.41) is 0. The molecule has 5 aliphatic carbocycles. The summed E-state index contributed by atoms with van der Waals surface area (Å²) in [6.45, 7) is 17.5. The van der Waals surface area contributed by atoms with Crippen molar-refractivity contribution in [2.75, 3.05) is 6.61 Å². The smallest absolute Gasteiger partial charge is 0.455 e. The van der Waals surface area contributed by atoms with Crippen LogP contribution in [0, 0.1) is 56.2 Å². The average molecular weight is 539 g/mol. The molecule has 38 heavy (non-hydrogen) atoms. The number of carbonyl (C=O) groups excluding carboxylic acids is 1. The molecule has 1 heterocycles. The summed E-state index contributed by atoms with van der Waals surface area (Å²) in [4.78, 5) is 11.8. The molecule has 0 amide bonds. The number of esters is 1. The molecule has 6 aliphatic rings. The molecule has 1 aliphatic heterocycles. The highest BCUT2D eigenvalue weighted by Crippen LogP contribution is 2.78. The van der Waals surface area contributed by atoms with Gasteiger partial charge < -0.3 is 9.47 Å². The lowest BCUT2D eigenvalue weighted by Gasteiger charge is -2.73. The molecule has 0 radical (unpaired) electrons. The molecular weight excluding hydrogens is 489 g/mol. The zero-order valence-electron chi connectivity index (χ0n) is 24.6. The molecule has 0 unspecified atom stereocenters. The minimum absolute atomic E-state index is 0.0437. The zero-order chi connectivity index (χ0) is 27.7. The summed E-state index contributed by atoms with van der Waals surface area (Å²) in [5.74, 6) is 0.0918. The van der Waals surface area contributed by atoms with Gasteiger partial charge in [0.05, 0.1) is 12.7 Å². The van der Waals surface area contributed by atoms with E-state index in [0.717, 1.165) is 25.9 Å². The first-order chi connectivity index (χ1) is 17.4. The van der Waals surface area contributed by atoms with Crippen molar-refractivity contribution in [2.24, 2.45) is 56.2 Å². The van der Waals surface area contributed by atoms with Crippen LogP contribution >= 0.6 is 0 Å². The van der Waals surface area contributed by atoms with Crippen molar-refractivity contribution >= 4 is 5.97 Å². The molecule has 216 valence electrons. The van der Waals surface area contributed by atoms with Gasteiger partial charge in [0.15, 0.2) is 0 Å². The summed E-state index contributed by atoms with van der Waals surface area (Å²) in [6, 6.07) is 0. The van der Waals surface area contributed by atoms with Crippen LogP contribution in [0.15, 0.2) is 0 Å². The molecule has 0 spiro atoms. The number of hydrogen-bond acceptors (Lipinski definition) is 3. The summed E-state index contributed by atoms with van der Waals surface area (Å²) in [7, 11) is 0. The molecule has 5 saturated carbocycles. The van der Waals surface area contributed by atoms with Gasteiger partial charge in [-0.25, -0.2) is 4.79 Å². The standard InChI is InChI=1S/C32H49F3O3/c1-26(2)14-16-31-17-15-29(6)19(23(31)24(26)37-18-31)8-9-21-28(5)12-11-22(38-25(36)32(33,34)35)27(3,4)20(28)10-13-30(21,29)7/h19-24H,8-18H2,1-7H3/t19-,20-,21+,22+,23-,24+,28-,29+,30+,31+/m0/s1. The Kier molecular flexibility index (Phi) is 5.72. The Morgan fingerprint density at radius 1 is 0.789 bits per heavy atom. The summed E-state index contributed by atoms with van der Waals surface area (Å²) >= 11 is 0. The third-order valence-corrected chi connectivity index (χ3v) is 14.6. The average Bonchev–Trinajstić information content (AvgIpc) is 3.14. The number of fused-ring (bicyclic) bond motifs is 5. The Bertz CT molecular complexity index is 1000. The van der Waals surface area contributed by atoms with Crippen LogP contribution in [0.3, 0.4) is 0 Å². The van der Waals surface area contributed by atoms with E-state index in [0.29, 0.717) is 35.7 Å². The van der Waals surface area contributed by atoms with Gasteiger partial charge in [0.25, 0.3) is 0 Å². The third kappa shape index (κ3) is 3.33. The molecule has 6 heteroatoms. The van der Waals surface area contributed by atoms with E-state index in [1.807, 2.05) is 0 Å². The van der Waals surface area contributed by atoms with E-state index in [9.17, 15) is 18.0 Å². The minimum atomic E-state index is -4.94. The second kappa shape index (κ2) is 7.94. The summed E-state index contributed by atoms with van der Waals surface area (Å²) in [6.07, 6.45) is 5.78. The van der Waals surface area contributed by atoms with Crippen molar-refractivity contribution in [3.63, 3.8) is 0 Å². The highest BCUT2D eigenvalue weighted by atomic mass is 19.4. The molecule has 6 fully saturated rings. The van der Waals surface area contributed by atoms with Crippen LogP contribution in [0.5, 0.6) is 0 Å². The lowest BCUT2D eigenvalue weighted by Crippen LogP contribution is -2.68. The van der Waals surface area contributed by atoms with Gasteiger partial charge in [0, 0.05) is 5.41 Å². The van der Waals surface area contributed by atoms with E-state index in [2.05, 4.69) is 48.5 Å². The first-order valence-corrected chi connectivity index (χ1v) is 15.3. The molecule has 6 rings (SSSR count). The van der Waals surface area contributed by atoms with Crippen molar-refractivity contribution in [1.29, 1.82) is 0 Å². The van der Waals surface area contributed by atoms with Gasteiger partial charge in [-0.1, -0.05) is 48.5 Å². The second-order valence-electron chi connectivity index (χ2n) is 16.5. The van der Waals surface area contributed by atoms with Gasteiger partial charge in [-0.3, -0.25) is 0 Å². The first kappa shape index (κ1) is 27.4. The van der Waals surface area contributed by atoms with Crippen molar-refractivity contribution < 1.29 is 27.4 Å². The van der Waals surface area contributed by atoms with Gasteiger partial charge >= 0.3 is 12.1 Å². The van der Waals surface area contributed by atoms with Crippen LogP contribution in [0.2, 0.25) is 0 Å². The number of ether oxygens (including phenoxy) is 2. The topological polar surface area (TPSA) is 35.5 Å². The number of hydrogen-bond donors (Lipinski definition) is 0. The van der Waals surface area contributed by atoms with Gasteiger partial charge in [-0.05, 0) is 115 Å². The van der Waals surface area contributed by atoms with Crippen LogP contribution in [-0.2, 0) is 14.3 Å². The maximum absolute atomic E-state index is 13.1. The van der Waals surface area contributed by atoms with Crippen molar-refractivity contribution in [2.45, 2.75) is 131 Å². The van der Waals surface area contributed by atoms with Gasteiger partial charge in [0.2, 0.25) is 0 Å². The molecule has 0 aromatic rings. The SMILES string of the molecule is CC1(C)CC[C@]23CC[C@]4(C)[C@@H](CC[C@@H]5[C@@]6(C)CC[C@@H](OC(=O)C(F)(F)F)C(C)(C)[C@@H]6CC[C@]54C)[C@H]2[C@H]1OC3. The molecule has 10 atom stereocenters. The van der Waals surface area contributed by atoms with Crippen LogP contribution in [0.25, 0.3) is 0 Å². The lowest BCUT2D eigenvalue weighted by atomic mass is 9.31. The number of rotatable bonds is 1. The fraction of sp³-hybridized carbons (Fsp3) is 0.969. The Hall–Kier alpha value is -0.780. The molecule has 1 saturated heterocycles. The number of carbonyl (C=O) groups is 1. The predicted octanol–water partition coefficient (Wildman–Crippen LogP) is 8.35. The maximum atomic E-state index is 13.1. The number of halogens is 3. The zero-order valence-corrected chi connectivity index (χ0v) is 24.6. The lowest BCUT2D eigenvalue weighted by molar-refractivity contribution is -0.259. The van der Waals surface area contributed by atoms with Crippen molar-refractivity contribution in [3.05, 3.63) is 0 Å². The molecule has 2 bridgehead atoms. The fourth-order valence-electron chi connectivity index (χ4n) is 12.4. The highest BCUT2D eigenvalue weighted by molar-refractivity contribution is 5.75. The van der Waals surface area contributed by atoms with Crippen molar-refractivity contribution in [1.82, 2.24) is 0 Å².